The molecule has 1 aliphatic rings. The summed E-state index contributed by atoms with van der Waals surface area (Å²) in [5, 5.41) is 0.691. The summed E-state index contributed by atoms with van der Waals surface area (Å²) < 4.78 is 5.84. The molecule has 0 amide bonds. The van der Waals surface area contributed by atoms with Crippen molar-refractivity contribution in [1.29, 1.82) is 0 Å². The summed E-state index contributed by atoms with van der Waals surface area (Å²) in [7, 11) is 0. The first-order valence-electron chi connectivity index (χ1n) is 10.2. The molecule has 0 aromatic heterocycles. The SMILES string of the molecule is CC(C)SCc1ccc(CCc2ccc(N3C[C@@H](C)O[C@@H](C)C3)cc2)cc1. The van der Waals surface area contributed by atoms with Crippen molar-refractivity contribution in [3.8, 4) is 0 Å². The number of nitrogens with zero attached hydrogens (tertiary/aromatic N) is 1. The number of rotatable bonds is 7. The van der Waals surface area contributed by atoms with Crippen molar-refractivity contribution in [3.63, 3.8) is 0 Å². The number of ether oxygens (including phenoxy) is 1. The largest absolute Gasteiger partial charge is 0.372 e. The maximum Gasteiger partial charge on any atom is 0.0726 e. The van der Waals surface area contributed by atoms with Crippen LogP contribution >= 0.6 is 11.8 Å². The molecule has 0 bridgehead atoms. The Morgan fingerprint density at radius 1 is 0.852 bits per heavy atom. The van der Waals surface area contributed by atoms with Crippen LogP contribution in [0.2, 0.25) is 0 Å². The number of hydrogen-bond donors (Lipinski definition) is 0. The fourth-order valence-electron chi connectivity index (χ4n) is 3.62. The molecular weight excluding hydrogens is 350 g/mol. The molecular formula is C24H33NOS. The first-order chi connectivity index (χ1) is 13.0. The summed E-state index contributed by atoms with van der Waals surface area (Å²) >= 11 is 2.00. The van der Waals surface area contributed by atoms with Crippen LogP contribution in [0.5, 0.6) is 0 Å². The number of aryl methyl sites for hydroxylation is 2. The van der Waals surface area contributed by atoms with Gasteiger partial charge in [0.25, 0.3) is 0 Å². The van der Waals surface area contributed by atoms with Crippen LogP contribution in [-0.4, -0.2) is 30.5 Å². The van der Waals surface area contributed by atoms with Gasteiger partial charge in [0.15, 0.2) is 0 Å². The smallest absolute Gasteiger partial charge is 0.0726 e. The lowest BCUT2D eigenvalue weighted by molar-refractivity contribution is -0.00521. The molecule has 3 rings (SSSR count). The van der Waals surface area contributed by atoms with Crippen LogP contribution in [0.4, 0.5) is 5.69 Å². The maximum atomic E-state index is 5.84. The fraction of sp³-hybridized carbons (Fsp3) is 0.500. The van der Waals surface area contributed by atoms with Crippen LogP contribution in [0.1, 0.15) is 44.4 Å². The Hall–Kier alpha value is -1.45. The highest BCUT2D eigenvalue weighted by Crippen LogP contribution is 2.22. The van der Waals surface area contributed by atoms with Gasteiger partial charge in [0.1, 0.15) is 0 Å². The van der Waals surface area contributed by atoms with Gasteiger partial charge in [0.2, 0.25) is 0 Å². The predicted octanol–water partition coefficient (Wildman–Crippen LogP) is 5.73. The van der Waals surface area contributed by atoms with Crippen LogP contribution in [0.15, 0.2) is 48.5 Å². The average molecular weight is 384 g/mol. The highest BCUT2D eigenvalue weighted by molar-refractivity contribution is 7.99. The summed E-state index contributed by atoms with van der Waals surface area (Å²) in [4.78, 5) is 2.44. The second-order valence-electron chi connectivity index (χ2n) is 8.01. The van der Waals surface area contributed by atoms with Gasteiger partial charge in [0.05, 0.1) is 12.2 Å². The molecule has 1 fully saturated rings. The van der Waals surface area contributed by atoms with Gasteiger partial charge in [-0.1, -0.05) is 50.2 Å². The summed E-state index contributed by atoms with van der Waals surface area (Å²) in [6.45, 7) is 10.8. The van der Waals surface area contributed by atoms with Crippen LogP contribution < -0.4 is 4.90 Å². The summed E-state index contributed by atoms with van der Waals surface area (Å²) in [6.07, 6.45) is 2.80. The average Bonchev–Trinajstić information content (AvgIpc) is 2.65. The number of hydrogen-bond acceptors (Lipinski definition) is 3. The summed E-state index contributed by atoms with van der Waals surface area (Å²) in [5.41, 5.74) is 5.57. The van der Waals surface area contributed by atoms with E-state index in [9.17, 15) is 0 Å². The van der Waals surface area contributed by atoms with Gasteiger partial charge in [-0.3, -0.25) is 0 Å². The van der Waals surface area contributed by atoms with Crippen molar-refractivity contribution in [2.24, 2.45) is 0 Å². The molecule has 146 valence electrons. The van der Waals surface area contributed by atoms with E-state index in [2.05, 4.69) is 81.1 Å². The molecule has 2 aromatic carbocycles. The van der Waals surface area contributed by atoms with Crippen molar-refractivity contribution < 1.29 is 4.74 Å². The molecule has 2 atom stereocenters. The van der Waals surface area contributed by atoms with E-state index >= 15 is 0 Å². The maximum absolute atomic E-state index is 5.84. The molecule has 1 heterocycles. The monoisotopic (exact) mass is 383 g/mol. The molecule has 2 aromatic rings. The van der Waals surface area contributed by atoms with Gasteiger partial charge in [-0.05, 0) is 60.8 Å². The van der Waals surface area contributed by atoms with Crippen molar-refractivity contribution in [1.82, 2.24) is 0 Å². The number of morpholine rings is 1. The molecule has 0 saturated carbocycles. The van der Waals surface area contributed by atoms with E-state index in [1.54, 1.807) is 0 Å². The summed E-state index contributed by atoms with van der Waals surface area (Å²) in [5.74, 6) is 1.11. The third-order valence-corrected chi connectivity index (χ3v) is 6.20. The van der Waals surface area contributed by atoms with Gasteiger partial charge < -0.3 is 9.64 Å². The fourth-order valence-corrected chi connectivity index (χ4v) is 4.33. The highest BCUT2D eigenvalue weighted by atomic mass is 32.2. The minimum absolute atomic E-state index is 0.301. The predicted molar refractivity (Wildman–Crippen MR) is 119 cm³/mol. The molecule has 0 unspecified atom stereocenters. The molecule has 0 radical (unpaired) electrons. The van der Waals surface area contributed by atoms with Gasteiger partial charge in [-0.15, -0.1) is 0 Å². The second kappa shape index (κ2) is 9.66. The number of thioether (sulfide) groups is 1. The minimum Gasteiger partial charge on any atom is -0.372 e. The molecule has 1 saturated heterocycles. The molecule has 0 spiro atoms. The number of benzene rings is 2. The van der Waals surface area contributed by atoms with E-state index in [0.29, 0.717) is 17.5 Å². The van der Waals surface area contributed by atoms with Gasteiger partial charge in [0, 0.05) is 24.5 Å². The second-order valence-corrected chi connectivity index (χ2v) is 9.57. The molecule has 3 heteroatoms. The van der Waals surface area contributed by atoms with E-state index in [-0.39, 0.29) is 0 Å². The molecule has 0 aliphatic carbocycles. The first kappa shape index (κ1) is 20.3. The van der Waals surface area contributed by atoms with E-state index in [4.69, 9.17) is 4.74 Å². The zero-order valence-electron chi connectivity index (χ0n) is 17.2. The topological polar surface area (TPSA) is 12.5 Å². The third-order valence-electron chi connectivity index (χ3n) is 5.03. The van der Waals surface area contributed by atoms with Crippen molar-refractivity contribution in [2.45, 2.75) is 63.7 Å². The Morgan fingerprint density at radius 3 is 1.85 bits per heavy atom. The van der Waals surface area contributed by atoms with E-state index in [1.807, 2.05) is 11.8 Å². The van der Waals surface area contributed by atoms with Crippen molar-refractivity contribution in [2.75, 3.05) is 18.0 Å². The van der Waals surface area contributed by atoms with E-state index in [0.717, 1.165) is 31.7 Å². The van der Waals surface area contributed by atoms with Crippen molar-refractivity contribution in [3.05, 3.63) is 65.2 Å². The Labute approximate surface area is 169 Å². The van der Waals surface area contributed by atoms with Gasteiger partial charge in [-0.25, -0.2) is 0 Å². The lowest BCUT2D eigenvalue weighted by atomic mass is 10.0. The zero-order chi connectivity index (χ0) is 19.2. The van der Waals surface area contributed by atoms with Crippen molar-refractivity contribution >= 4 is 17.4 Å². The number of anilines is 1. The molecule has 2 nitrogen and oxygen atoms in total. The van der Waals surface area contributed by atoms with E-state index < -0.39 is 0 Å². The molecule has 0 N–H and O–H groups in total. The Morgan fingerprint density at radius 2 is 1.33 bits per heavy atom. The van der Waals surface area contributed by atoms with Crippen LogP contribution in [0.25, 0.3) is 0 Å². The Bertz CT molecular complexity index is 685. The van der Waals surface area contributed by atoms with E-state index in [1.165, 1.54) is 22.4 Å². The van der Waals surface area contributed by atoms with Gasteiger partial charge >= 0.3 is 0 Å². The molecule has 27 heavy (non-hydrogen) atoms. The zero-order valence-corrected chi connectivity index (χ0v) is 18.0. The quantitative estimate of drug-likeness (QED) is 0.606. The lowest BCUT2D eigenvalue weighted by Crippen LogP contribution is -2.45. The third kappa shape index (κ3) is 6.29. The molecule has 1 aliphatic heterocycles. The minimum atomic E-state index is 0.301. The standard InChI is InChI=1S/C24H33NOS/c1-18(2)27-17-23-9-7-21(8-10-23)5-6-22-11-13-24(14-12-22)25-15-19(3)26-20(4)16-25/h7-14,18-20H,5-6,15-17H2,1-4H3/t19-,20+. The normalized spacial score (nSPS) is 20.3. The lowest BCUT2D eigenvalue weighted by Gasteiger charge is -2.36. The van der Waals surface area contributed by atoms with Gasteiger partial charge in [-0.2, -0.15) is 11.8 Å². The Balaban J connectivity index is 1.51. The van der Waals surface area contributed by atoms with Crippen LogP contribution in [-0.2, 0) is 23.3 Å². The van der Waals surface area contributed by atoms with Crippen LogP contribution in [0.3, 0.4) is 0 Å². The summed E-state index contributed by atoms with van der Waals surface area (Å²) in [6, 6.07) is 18.3. The first-order valence-corrected chi connectivity index (χ1v) is 11.2. The highest BCUT2D eigenvalue weighted by Gasteiger charge is 2.22. The Kier molecular flexibility index (Phi) is 7.26. The van der Waals surface area contributed by atoms with Crippen LogP contribution in [0, 0.1) is 0 Å².